The highest BCUT2D eigenvalue weighted by atomic mass is 16.2. The number of nitrogens with zero attached hydrogens (tertiary/aromatic N) is 6. The summed E-state index contributed by atoms with van der Waals surface area (Å²) < 4.78 is 3.38. The van der Waals surface area contributed by atoms with E-state index in [2.05, 4.69) is 20.8 Å². The largest absolute Gasteiger partial charge is 0.354 e. The zero-order valence-corrected chi connectivity index (χ0v) is 14.8. The maximum Gasteiger partial charge on any atom is 0.242 e. The molecule has 1 atom stereocenters. The number of para-hydroxylation sites is 1. The van der Waals surface area contributed by atoms with Crippen molar-refractivity contribution in [1.82, 2.24) is 34.7 Å². The summed E-state index contributed by atoms with van der Waals surface area (Å²) in [6.45, 7) is 0.714. The number of nitrogens with one attached hydrogen (secondary N) is 2. The second kappa shape index (κ2) is 6.04. The van der Waals surface area contributed by atoms with Crippen molar-refractivity contribution in [3.63, 3.8) is 0 Å². The van der Waals surface area contributed by atoms with Gasteiger partial charge < -0.3 is 10.6 Å². The third kappa shape index (κ3) is 2.67. The molecule has 0 radical (unpaired) electrons. The Hall–Kier alpha value is -3.49. The number of carbonyl (C=O) groups is 1. The molecule has 4 heterocycles. The molecule has 1 unspecified atom stereocenters. The van der Waals surface area contributed by atoms with Gasteiger partial charge in [-0.3, -0.25) is 9.48 Å². The van der Waals surface area contributed by atoms with E-state index in [1.807, 2.05) is 37.5 Å². The predicted molar refractivity (Wildman–Crippen MR) is 100 cm³/mol. The number of amides is 1. The summed E-state index contributed by atoms with van der Waals surface area (Å²) in [4.78, 5) is 21.6. The average Bonchev–Trinajstić information content (AvgIpc) is 3.30. The number of carbonyl (C=O) groups excluding carboxylic acids is 1. The highest BCUT2D eigenvalue weighted by molar-refractivity contribution is 5.93. The van der Waals surface area contributed by atoms with Gasteiger partial charge in [-0.25, -0.2) is 9.97 Å². The van der Waals surface area contributed by atoms with Crippen LogP contribution in [0.25, 0.3) is 27.9 Å². The Morgan fingerprint density at radius 1 is 1.26 bits per heavy atom. The Morgan fingerprint density at radius 2 is 2.15 bits per heavy atom. The molecule has 1 fully saturated rings. The molecule has 5 rings (SSSR count). The minimum Gasteiger partial charge on any atom is -0.354 e. The number of rotatable bonds is 3. The maximum absolute atomic E-state index is 12.2. The van der Waals surface area contributed by atoms with Crippen molar-refractivity contribution in [3.05, 3.63) is 36.7 Å². The van der Waals surface area contributed by atoms with Crippen molar-refractivity contribution in [2.75, 3.05) is 11.9 Å². The lowest BCUT2D eigenvalue weighted by atomic mass is 10.1. The minimum atomic E-state index is -0.332. The third-order valence-electron chi connectivity index (χ3n) is 4.73. The van der Waals surface area contributed by atoms with Gasteiger partial charge in [-0.1, -0.05) is 12.1 Å². The quantitative estimate of drug-likeness (QED) is 0.571. The standard InChI is InChI=1S/C18H18N8O/c1-25-10-11(9-20-25)15-23-16-12-5-2-3-6-13(12)21-18(26(16)24-15)22-14-7-4-8-19-17(14)27/h2-3,5-6,9-10,14H,4,7-8H2,1H3,(H,19,27)(H,21,22). The number of fused-ring (bicyclic) bond motifs is 3. The Bertz CT molecular complexity index is 1160. The van der Waals surface area contributed by atoms with Gasteiger partial charge >= 0.3 is 0 Å². The van der Waals surface area contributed by atoms with Crippen LogP contribution in [0.3, 0.4) is 0 Å². The molecule has 2 N–H and O–H groups in total. The first kappa shape index (κ1) is 15.7. The third-order valence-corrected chi connectivity index (χ3v) is 4.73. The van der Waals surface area contributed by atoms with Crippen LogP contribution in [0.1, 0.15) is 12.8 Å². The topological polar surface area (TPSA) is 102 Å². The molecule has 9 nitrogen and oxygen atoms in total. The van der Waals surface area contributed by atoms with Gasteiger partial charge in [0.1, 0.15) is 6.04 Å². The molecule has 1 aliphatic rings. The molecular formula is C18H18N8O. The number of aromatic nitrogens is 6. The van der Waals surface area contributed by atoms with Crippen molar-refractivity contribution in [2.24, 2.45) is 7.05 Å². The normalized spacial score (nSPS) is 17.4. The van der Waals surface area contributed by atoms with Crippen molar-refractivity contribution in [1.29, 1.82) is 0 Å². The van der Waals surface area contributed by atoms with E-state index in [4.69, 9.17) is 9.97 Å². The lowest BCUT2D eigenvalue weighted by molar-refractivity contribution is -0.123. The fraction of sp³-hybridized carbons (Fsp3) is 0.278. The molecule has 9 heteroatoms. The molecule has 1 amide bonds. The van der Waals surface area contributed by atoms with Crippen LogP contribution in [0.5, 0.6) is 0 Å². The molecule has 1 saturated heterocycles. The molecule has 3 aromatic heterocycles. The predicted octanol–water partition coefficient (Wildman–Crippen LogP) is 1.37. The average molecular weight is 362 g/mol. The molecular weight excluding hydrogens is 344 g/mol. The molecule has 0 aliphatic carbocycles. The lowest BCUT2D eigenvalue weighted by Gasteiger charge is -2.23. The van der Waals surface area contributed by atoms with Gasteiger partial charge in [-0.2, -0.15) is 9.61 Å². The molecule has 1 aromatic carbocycles. The van der Waals surface area contributed by atoms with Crippen LogP contribution in [-0.4, -0.2) is 47.9 Å². The number of piperidine rings is 1. The van der Waals surface area contributed by atoms with Crippen molar-refractivity contribution in [3.8, 4) is 11.4 Å². The maximum atomic E-state index is 12.2. The van der Waals surface area contributed by atoms with Crippen LogP contribution >= 0.6 is 0 Å². The van der Waals surface area contributed by atoms with E-state index in [9.17, 15) is 4.79 Å². The summed E-state index contributed by atoms with van der Waals surface area (Å²) in [6.07, 6.45) is 5.28. The van der Waals surface area contributed by atoms with E-state index < -0.39 is 0 Å². The monoisotopic (exact) mass is 362 g/mol. The first-order valence-corrected chi connectivity index (χ1v) is 8.88. The van der Waals surface area contributed by atoms with E-state index in [0.717, 1.165) is 29.3 Å². The summed E-state index contributed by atoms with van der Waals surface area (Å²) in [5.74, 6) is 1.06. The Balaban J connectivity index is 1.68. The van der Waals surface area contributed by atoms with Crippen LogP contribution in [-0.2, 0) is 11.8 Å². The molecule has 27 heavy (non-hydrogen) atoms. The fourth-order valence-electron chi connectivity index (χ4n) is 3.37. The summed E-state index contributed by atoms with van der Waals surface area (Å²) in [7, 11) is 1.85. The van der Waals surface area contributed by atoms with Gasteiger partial charge in [0, 0.05) is 25.2 Å². The molecule has 0 bridgehead atoms. The van der Waals surface area contributed by atoms with E-state index in [0.29, 0.717) is 24.0 Å². The fourth-order valence-corrected chi connectivity index (χ4v) is 3.37. The first-order valence-electron chi connectivity index (χ1n) is 8.88. The van der Waals surface area contributed by atoms with Gasteiger partial charge in [0.25, 0.3) is 0 Å². The van der Waals surface area contributed by atoms with E-state index >= 15 is 0 Å². The van der Waals surface area contributed by atoms with Gasteiger partial charge in [-0.05, 0) is 25.0 Å². The van der Waals surface area contributed by atoms with E-state index in [-0.39, 0.29) is 11.9 Å². The second-order valence-corrected chi connectivity index (χ2v) is 6.66. The minimum absolute atomic E-state index is 0.0167. The summed E-state index contributed by atoms with van der Waals surface area (Å²) in [6, 6.07) is 7.45. The number of hydrogen-bond acceptors (Lipinski definition) is 6. The highest BCUT2D eigenvalue weighted by Crippen LogP contribution is 2.24. The molecule has 0 saturated carbocycles. The summed E-state index contributed by atoms with van der Waals surface area (Å²) >= 11 is 0. The van der Waals surface area contributed by atoms with Crippen molar-refractivity contribution >= 4 is 28.4 Å². The second-order valence-electron chi connectivity index (χ2n) is 6.66. The van der Waals surface area contributed by atoms with Gasteiger partial charge in [0.05, 0.1) is 17.3 Å². The molecule has 136 valence electrons. The Kier molecular flexibility index (Phi) is 3.52. The lowest BCUT2D eigenvalue weighted by Crippen LogP contribution is -2.44. The van der Waals surface area contributed by atoms with Crippen LogP contribution in [0, 0.1) is 0 Å². The summed E-state index contributed by atoms with van der Waals surface area (Å²) in [5, 5.41) is 15.9. The van der Waals surface area contributed by atoms with Crippen LogP contribution in [0.2, 0.25) is 0 Å². The van der Waals surface area contributed by atoms with Gasteiger partial charge in [-0.15, -0.1) is 5.10 Å². The number of aryl methyl sites for hydroxylation is 1. The molecule has 4 aromatic rings. The summed E-state index contributed by atoms with van der Waals surface area (Å²) in [5.41, 5.74) is 2.32. The Labute approximate surface area is 154 Å². The number of hydrogen-bond donors (Lipinski definition) is 2. The SMILES string of the molecule is Cn1cc(-c2nc3c4ccccc4nc(NC4CCCNC4=O)n3n2)cn1. The smallest absolute Gasteiger partial charge is 0.242 e. The molecule has 0 spiro atoms. The van der Waals surface area contributed by atoms with Crippen LogP contribution < -0.4 is 10.6 Å². The van der Waals surface area contributed by atoms with Crippen molar-refractivity contribution < 1.29 is 4.79 Å². The van der Waals surface area contributed by atoms with Gasteiger partial charge in [0.2, 0.25) is 11.9 Å². The number of benzene rings is 1. The zero-order valence-electron chi connectivity index (χ0n) is 14.8. The Morgan fingerprint density at radius 3 is 2.96 bits per heavy atom. The number of anilines is 1. The highest BCUT2D eigenvalue weighted by Gasteiger charge is 2.24. The van der Waals surface area contributed by atoms with E-state index in [1.54, 1.807) is 15.4 Å². The van der Waals surface area contributed by atoms with Gasteiger partial charge in [0.15, 0.2) is 11.5 Å². The zero-order chi connectivity index (χ0) is 18.4. The van der Waals surface area contributed by atoms with E-state index in [1.165, 1.54) is 0 Å². The first-order chi connectivity index (χ1) is 13.2. The van der Waals surface area contributed by atoms with Crippen LogP contribution in [0.15, 0.2) is 36.7 Å². The van der Waals surface area contributed by atoms with Crippen molar-refractivity contribution in [2.45, 2.75) is 18.9 Å². The van der Waals surface area contributed by atoms with Crippen LogP contribution in [0.4, 0.5) is 5.95 Å². The molecule has 1 aliphatic heterocycles.